The fraction of sp³-hybridized carbons (Fsp3) is 0.300. The summed E-state index contributed by atoms with van der Waals surface area (Å²) in [5, 5.41) is 13.5. The fourth-order valence-corrected chi connectivity index (χ4v) is 1.75. The predicted molar refractivity (Wildman–Crippen MR) is 63.3 cm³/mol. The van der Waals surface area contributed by atoms with E-state index in [1.54, 1.807) is 11.1 Å². The summed E-state index contributed by atoms with van der Waals surface area (Å²) in [4.78, 5) is 0. The van der Waals surface area contributed by atoms with Crippen LogP contribution in [-0.4, -0.2) is 28.7 Å². The average Bonchev–Trinajstić information content (AvgIpc) is 2.69. The Bertz CT molecular complexity index is 358. The summed E-state index contributed by atoms with van der Waals surface area (Å²) < 4.78 is 0. The molecule has 5 heteroatoms. The van der Waals surface area contributed by atoms with Crippen molar-refractivity contribution < 1.29 is 0 Å². The van der Waals surface area contributed by atoms with Crippen LogP contribution in [0.1, 0.15) is 0 Å². The Hall–Kier alpha value is -1.49. The van der Waals surface area contributed by atoms with E-state index in [-0.39, 0.29) is 12.1 Å². The highest BCUT2D eigenvalue weighted by atomic mass is 32.1. The van der Waals surface area contributed by atoms with E-state index in [1.165, 1.54) is 0 Å². The lowest BCUT2D eigenvalue weighted by atomic mass is 10.0. The van der Waals surface area contributed by atoms with Crippen LogP contribution >= 0.6 is 12.2 Å². The number of rotatable bonds is 2. The van der Waals surface area contributed by atoms with Crippen molar-refractivity contribution in [3.63, 3.8) is 0 Å². The number of allylic oxidation sites excluding steroid dienone is 2. The number of hydrogen-bond acceptors (Lipinski definition) is 3. The molecule has 0 radical (unpaired) electrons. The second kappa shape index (κ2) is 4.35. The summed E-state index contributed by atoms with van der Waals surface area (Å²) in [5.74, 6) is 0. The zero-order valence-electron chi connectivity index (χ0n) is 8.21. The predicted octanol–water partition coefficient (Wildman–Crippen LogP) is 1.59. The first-order chi connectivity index (χ1) is 7.33. The molecule has 0 aromatic heterocycles. The van der Waals surface area contributed by atoms with E-state index in [0.717, 1.165) is 0 Å². The van der Waals surface area contributed by atoms with Crippen molar-refractivity contribution in [2.45, 2.75) is 12.1 Å². The van der Waals surface area contributed by atoms with Crippen LogP contribution in [0, 0.1) is 0 Å². The van der Waals surface area contributed by atoms with Crippen LogP contribution in [0.4, 0.5) is 0 Å². The minimum atomic E-state index is 0.0958. The van der Waals surface area contributed by atoms with Gasteiger partial charge in [-0.25, -0.2) is 5.01 Å². The SMILES string of the molecule is C=CCNC(=S)N1N=N[C@@H]2C=CC=C[C@H]21. The number of nitrogens with zero attached hydrogens (tertiary/aromatic N) is 3. The molecule has 1 aliphatic carbocycles. The monoisotopic (exact) mass is 220 g/mol. The average molecular weight is 220 g/mol. The highest BCUT2D eigenvalue weighted by Crippen LogP contribution is 2.22. The first-order valence-corrected chi connectivity index (χ1v) is 5.17. The van der Waals surface area contributed by atoms with Gasteiger partial charge in [-0.1, -0.05) is 35.6 Å². The van der Waals surface area contributed by atoms with E-state index in [9.17, 15) is 0 Å². The second-order valence-corrected chi connectivity index (χ2v) is 3.66. The summed E-state index contributed by atoms with van der Waals surface area (Å²) in [6.07, 6.45) is 9.79. The molecule has 2 aliphatic rings. The van der Waals surface area contributed by atoms with Gasteiger partial charge in [0.15, 0.2) is 5.11 Å². The Balaban J connectivity index is 2.02. The summed E-state index contributed by atoms with van der Waals surface area (Å²) >= 11 is 5.20. The molecular weight excluding hydrogens is 208 g/mol. The quantitative estimate of drug-likeness (QED) is 0.567. The van der Waals surface area contributed by atoms with Crippen molar-refractivity contribution in [1.29, 1.82) is 0 Å². The van der Waals surface area contributed by atoms with Gasteiger partial charge in [0.1, 0.15) is 12.1 Å². The maximum absolute atomic E-state index is 5.20. The van der Waals surface area contributed by atoms with Crippen molar-refractivity contribution in [3.05, 3.63) is 37.0 Å². The van der Waals surface area contributed by atoms with Crippen molar-refractivity contribution in [2.75, 3.05) is 6.54 Å². The van der Waals surface area contributed by atoms with Crippen molar-refractivity contribution >= 4 is 17.3 Å². The van der Waals surface area contributed by atoms with Crippen LogP contribution in [0.15, 0.2) is 47.3 Å². The molecule has 0 aromatic rings. The normalized spacial score (nSPS) is 26.5. The van der Waals surface area contributed by atoms with Crippen LogP contribution in [0.2, 0.25) is 0 Å². The number of fused-ring (bicyclic) bond motifs is 1. The van der Waals surface area contributed by atoms with Gasteiger partial charge < -0.3 is 5.32 Å². The molecule has 0 saturated carbocycles. The lowest BCUT2D eigenvalue weighted by Crippen LogP contribution is -2.43. The van der Waals surface area contributed by atoms with Gasteiger partial charge in [-0.05, 0) is 12.2 Å². The van der Waals surface area contributed by atoms with Crippen molar-refractivity contribution in [2.24, 2.45) is 10.3 Å². The van der Waals surface area contributed by atoms with Gasteiger partial charge in [0, 0.05) is 6.54 Å². The number of thiocarbonyl (C=S) groups is 1. The standard InChI is InChI=1S/C10H12N4S/c1-2-7-11-10(15)14-9-6-4-3-5-8(9)12-13-14/h2-6,8-9H,1,7H2,(H,11,15)/t8-,9-/m1/s1. The zero-order valence-corrected chi connectivity index (χ0v) is 9.02. The third-order valence-corrected chi connectivity index (χ3v) is 2.58. The molecule has 1 N–H and O–H groups in total. The molecule has 0 unspecified atom stereocenters. The highest BCUT2D eigenvalue weighted by Gasteiger charge is 2.32. The van der Waals surface area contributed by atoms with Crippen molar-refractivity contribution in [1.82, 2.24) is 10.3 Å². The first-order valence-electron chi connectivity index (χ1n) is 4.76. The maximum atomic E-state index is 5.20. The van der Waals surface area contributed by atoms with Gasteiger partial charge in [0.25, 0.3) is 0 Å². The number of nitrogens with one attached hydrogen (secondary N) is 1. The molecule has 0 spiro atoms. The minimum absolute atomic E-state index is 0.0958. The molecule has 1 heterocycles. The molecule has 2 rings (SSSR count). The van der Waals surface area contributed by atoms with Crippen LogP contribution in [0.25, 0.3) is 0 Å². The molecule has 78 valence electrons. The molecule has 2 atom stereocenters. The second-order valence-electron chi connectivity index (χ2n) is 3.28. The molecule has 15 heavy (non-hydrogen) atoms. The van der Waals surface area contributed by atoms with E-state index in [1.807, 2.05) is 24.3 Å². The molecule has 0 bridgehead atoms. The Morgan fingerprint density at radius 1 is 1.53 bits per heavy atom. The first kappa shape index (κ1) is 10.0. The van der Waals surface area contributed by atoms with E-state index in [4.69, 9.17) is 12.2 Å². The van der Waals surface area contributed by atoms with E-state index < -0.39 is 0 Å². The largest absolute Gasteiger partial charge is 0.358 e. The summed E-state index contributed by atoms with van der Waals surface area (Å²) in [6.45, 7) is 4.26. The van der Waals surface area contributed by atoms with Gasteiger partial charge in [0.05, 0.1) is 0 Å². The molecular formula is C10H12N4S. The smallest absolute Gasteiger partial charge is 0.191 e. The van der Waals surface area contributed by atoms with E-state index >= 15 is 0 Å². The Morgan fingerprint density at radius 3 is 3.13 bits per heavy atom. The Labute approximate surface area is 94.0 Å². The molecule has 1 aliphatic heterocycles. The van der Waals surface area contributed by atoms with Gasteiger partial charge in [0.2, 0.25) is 0 Å². The fourth-order valence-electron chi connectivity index (χ4n) is 1.51. The molecule has 0 aromatic carbocycles. The van der Waals surface area contributed by atoms with E-state index in [0.29, 0.717) is 11.7 Å². The third-order valence-electron chi connectivity index (χ3n) is 2.25. The molecule has 4 nitrogen and oxygen atoms in total. The van der Waals surface area contributed by atoms with Gasteiger partial charge in [-0.2, -0.15) is 5.11 Å². The van der Waals surface area contributed by atoms with Crippen LogP contribution in [-0.2, 0) is 0 Å². The Kier molecular flexibility index (Phi) is 2.91. The highest BCUT2D eigenvalue weighted by molar-refractivity contribution is 7.80. The maximum Gasteiger partial charge on any atom is 0.191 e. The molecule has 0 fully saturated rings. The van der Waals surface area contributed by atoms with Crippen molar-refractivity contribution in [3.8, 4) is 0 Å². The summed E-state index contributed by atoms with van der Waals surface area (Å²) in [6, 6.07) is 0.221. The van der Waals surface area contributed by atoms with E-state index in [2.05, 4.69) is 22.2 Å². The minimum Gasteiger partial charge on any atom is -0.358 e. The third kappa shape index (κ3) is 1.97. The van der Waals surface area contributed by atoms with Gasteiger partial charge in [-0.15, -0.1) is 6.58 Å². The van der Waals surface area contributed by atoms with Crippen LogP contribution < -0.4 is 5.32 Å². The van der Waals surface area contributed by atoms with Gasteiger partial charge in [-0.3, -0.25) is 0 Å². The van der Waals surface area contributed by atoms with Crippen LogP contribution in [0.5, 0.6) is 0 Å². The zero-order chi connectivity index (χ0) is 10.7. The lowest BCUT2D eigenvalue weighted by molar-refractivity contribution is 0.403. The summed E-state index contributed by atoms with van der Waals surface area (Å²) in [5.41, 5.74) is 0. The van der Waals surface area contributed by atoms with Crippen LogP contribution in [0.3, 0.4) is 0 Å². The lowest BCUT2D eigenvalue weighted by Gasteiger charge is -2.23. The van der Waals surface area contributed by atoms with Gasteiger partial charge >= 0.3 is 0 Å². The Morgan fingerprint density at radius 2 is 2.33 bits per heavy atom. The summed E-state index contributed by atoms with van der Waals surface area (Å²) in [7, 11) is 0. The number of hydrogen-bond donors (Lipinski definition) is 1. The topological polar surface area (TPSA) is 40.0 Å². The molecule has 0 amide bonds. The molecule has 0 saturated heterocycles.